The smallest absolute Gasteiger partial charge is 0.846 e. The molecule has 0 spiro atoms. The number of carbonyl (C=O) groups excluding carboxylic acids is 1. The molecule has 9 heavy (non-hydrogen) atoms. The van der Waals surface area contributed by atoms with Gasteiger partial charge in [-0.3, -0.25) is 4.79 Å². The molecule has 0 heterocycles. The van der Waals surface area contributed by atoms with Crippen LogP contribution < -0.4 is 24.0 Å². The van der Waals surface area contributed by atoms with Crippen molar-refractivity contribution in [3.05, 3.63) is 24.3 Å². The summed E-state index contributed by atoms with van der Waals surface area (Å²) >= 11 is 0. The Hall–Kier alpha value is -0.293. The summed E-state index contributed by atoms with van der Waals surface area (Å²) in [7, 11) is 0. The van der Waals surface area contributed by atoms with Crippen LogP contribution in [0.2, 0.25) is 0 Å². The first-order chi connectivity index (χ1) is 3.79. The van der Waals surface area contributed by atoms with Gasteiger partial charge in [0.05, 0.1) is 0 Å². The predicted octanol–water partition coefficient (Wildman–Crippen LogP) is -3.59. The van der Waals surface area contributed by atoms with Crippen molar-refractivity contribution in [1.82, 2.24) is 0 Å². The van der Waals surface area contributed by atoms with E-state index in [1.165, 1.54) is 24.3 Å². The second-order valence-electron chi connectivity index (χ2n) is 1.59. The van der Waals surface area contributed by atoms with Gasteiger partial charge in [0, 0.05) is 0 Å². The molecule has 0 radical (unpaired) electrons. The maximum absolute atomic E-state index is 10.4. The van der Waals surface area contributed by atoms with Crippen molar-refractivity contribution in [2.45, 2.75) is 6.10 Å². The SMILES string of the molecule is O=C1C=CC([O-])C=C1.[Li+]. The number of allylic oxidation sites excluding steroid dienone is 2. The van der Waals surface area contributed by atoms with Crippen LogP contribution in [0.3, 0.4) is 0 Å². The number of ketones is 1. The third-order valence-corrected chi connectivity index (χ3v) is 0.900. The fraction of sp³-hybridized carbons (Fsp3) is 0.167. The Bertz CT molecular complexity index is 144. The van der Waals surface area contributed by atoms with E-state index in [2.05, 4.69) is 0 Å². The van der Waals surface area contributed by atoms with Crippen LogP contribution in [0, 0.1) is 0 Å². The van der Waals surface area contributed by atoms with Crippen LogP contribution in [0.1, 0.15) is 0 Å². The van der Waals surface area contributed by atoms with Gasteiger partial charge in [0.2, 0.25) is 0 Å². The quantitative estimate of drug-likeness (QED) is 0.307. The van der Waals surface area contributed by atoms with E-state index in [4.69, 9.17) is 0 Å². The second-order valence-corrected chi connectivity index (χ2v) is 1.59. The standard InChI is InChI=1S/C6H5O2.Li/c7-5-1-2-6(8)4-3-5;/h1-5H;/q-1;+1. The topological polar surface area (TPSA) is 40.1 Å². The molecule has 0 fully saturated rings. The summed E-state index contributed by atoms with van der Waals surface area (Å²) in [6, 6.07) is 0. The van der Waals surface area contributed by atoms with Crippen LogP contribution in [0.5, 0.6) is 0 Å². The van der Waals surface area contributed by atoms with Gasteiger partial charge in [-0.15, -0.1) is 0 Å². The zero-order valence-corrected chi connectivity index (χ0v) is 5.20. The first-order valence-corrected chi connectivity index (χ1v) is 2.35. The number of rotatable bonds is 0. The van der Waals surface area contributed by atoms with Gasteiger partial charge >= 0.3 is 18.9 Å². The number of hydrogen-bond acceptors (Lipinski definition) is 2. The van der Waals surface area contributed by atoms with Crippen molar-refractivity contribution in [1.29, 1.82) is 0 Å². The van der Waals surface area contributed by atoms with Crippen molar-refractivity contribution >= 4 is 5.78 Å². The summed E-state index contributed by atoms with van der Waals surface area (Å²) in [5.41, 5.74) is 0. The Morgan fingerprint density at radius 1 is 1.33 bits per heavy atom. The first kappa shape index (κ1) is 8.71. The summed E-state index contributed by atoms with van der Waals surface area (Å²) in [6.45, 7) is 0. The van der Waals surface area contributed by atoms with Gasteiger partial charge < -0.3 is 5.11 Å². The Balaban J connectivity index is 0.000000640. The van der Waals surface area contributed by atoms with Crippen molar-refractivity contribution in [2.24, 2.45) is 0 Å². The monoisotopic (exact) mass is 116 g/mol. The zero-order valence-electron chi connectivity index (χ0n) is 5.20. The molecule has 0 unspecified atom stereocenters. The maximum Gasteiger partial charge on any atom is 1.00 e. The largest absolute Gasteiger partial charge is 1.00 e. The van der Waals surface area contributed by atoms with E-state index < -0.39 is 6.10 Å². The molecule has 2 nitrogen and oxygen atoms in total. The molecule has 3 heteroatoms. The second kappa shape index (κ2) is 3.68. The molecule has 0 saturated carbocycles. The molecule has 0 aromatic rings. The Labute approximate surface area is 65.4 Å². The molecule has 1 aliphatic carbocycles. The van der Waals surface area contributed by atoms with Gasteiger partial charge in [-0.05, 0) is 12.2 Å². The maximum atomic E-state index is 10.4. The third-order valence-electron chi connectivity index (χ3n) is 0.900. The van der Waals surface area contributed by atoms with Crippen LogP contribution >= 0.6 is 0 Å². The predicted molar refractivity (Wildman–Crippen MR) is 27.1 cm³/mol. The van der Waals surface area contributed by atoms with Crippen LogP contribution in [0.4, 0.5) is 0 Å². The van der Waals surface area contributed by atoms with Crippen molar-refractivity contribution in [3.63, 3.8) is 0 Å². The first-order valence-electron chi connectivity index (χ1n) is 2.35. The zero-order chi connectivity index (χ0) is 5.98. The minimum atomic E-state index is -0.812. The summed E-state index contributed by atoms with van der Waals surface area (Å²) in [6.07, 6.45) is 4.44. The van der Waals surface area contributed by atoms with Gasteiger partial charge in [-0.2, -0.15) is 0 Å². The average molecular weight is 116 g/mol. The van der Waals surface area contributed by atoms with E-state index in [1.807, 2.05) is 0 Å². The summed E-state index contributed by atoms with van der Waals surface area (Å²) in [4.78, 5) is 10.3. The van der Waals surface area contributed by atoms with E-state index in [9.17, 15) is 9.90 Å². The molecule has 0 N–H and O–H groups in total. The molecule has 0 saturated heterocycles. The Kier molecular flexibility index (Phi) is 3.56. The molecule has 0 aromatic carbocycles. The fourth-order valence-electron chi connectivity index (χ4n) is 0.499. The summed E-state index contributed by atoms with van der Waals surface area (Å²) < 4.78 is 0. The molecule has 0 aromatic heterocycles. The van der Waals surface area contributed by atoms with Crippen LogP contribution in [-0.4, -0.2) is 11.9 Å². The van der Waals surface area contributed by atoms with E-state index in [0.29, 0.717) is 0 Å². The number of hydrogen-bond donors (Lipinski definition) is 0. The summed E-state index contributed by atoms with van der Waals surface area (Å²) in [5, 5.41) is 10.4. The van der Waals surface area contributed by atoms with E-state index in [1.54, 1.807) is 0 Å². The Morgan fingerprint density at radius 3 is 2.11 bits per heavy atom. The van der Waals surface area contributed by atoms with Crippen molar-refractivity contribution < 1.29 is 28.8 Å². The van der Waals surface area contributed by atoms with Gasteiger partial charge in [0.1, 0.15) is 0 Å². The molecule has 0 bridgehead atoms. The van der Waals surface area contributed by atoms with Gasteiger partial charge in [0.25, 0.3) is 0 Å². The van der Waals surface area contributed by atoms with E-state index in [-0.39, 0.29) is 24.6 Å². The molecular formula is C6H5LiO2. The molecule has 0 aliphatic heterocycles. The Morgan fingerprint density at radius 2 is 1.78 bits per heavy atom. The minimum Gasteiger partial charge on any atom is -0.846 e. The van der Waals surface area contributed by atoms with Crippen LogP contribution in [0.25, 0.3) is 0 Å². The van der Waals surface area contributed by atoms with Crippen molar-refractivity contribution in [3.8, 4) is 0 Å². The van der Waals surface area contributed by atoms with Crippen LogP contribution in [0.15, 0.2) is 24.3 Å². The van der Waals surface area contributed by atoms with Gasteiger partial charge in [0.15, 0.2) is 5.78 Å². The van der Waals surface area contributed by atoms with Gasteiger partial charge in [-0.1, -0.05) is 18.3 Å². The van der Waals surface area contributed by atoms with Crippen LogP contribution in [-0.2, 0) is 4.79 Å². The molecule has 42 valence electrons. The van der Waals surface area contributed by atoms with E-state index >= 15 is 0 Å². The third kappa shape index (κ3) is 2.66. The number of carbonyl (C=O) groups is 1. The average Bonchev–Trinajstić information content (AvgIpc) is 1.77. The fourth-order valence-corrected chi connectivity index (χ4v) is 0.499. The summed E-state index contributed by atoms with van der Waals surface area (Å²) in [5.74, 6) is -0.0999. The van der Waals surface area contributed by atoms with Gasteiger partial charge in [-0.25, -0.2) is 0 Å². The molecule has 0 atom stereocenters. The minimum absolute atomic E-state index is 0. The van der Waals surface area contributed by atoms with E-state index in [0.717, 1.165) is 0 Å². The molecule has 1 rings (SSSR count). The molecular weight excluding hydrogens is 111 g/mol. The molecule has 1 aliphatic rings. The molecule has 0 amide bonds. The normalized spacial score (nSPS) is 17.7. The van der Waals surface area contributed by atoms with Crippen molar-refractivity contribution in [2.75, 3.05) is 0 Å².